The molecule has 11 nitrogen and oxygen atoms in total. The minimum Gasteiger partial charge on any atom is -0.493 e. The average molecular weight is 402 g/mol. The summed E-state index contributed by atoms with van der Waals surface area (Å²) in [6.07, 6.45) is 1.54. The second kappa shape index (κ2) is 8.19. The summed E-state index contributed by atoms with van der Waals surface area (Å²) in [5, 5.41) is 13.6. The van der Waals surface area contributed by atoms with Crippen LogP contribution in [0.4, 0.5) is 5.95 Å². The standard InChI is InChI=1S/C18H22N6O5/c1-22-15-14(16(26)23(2)18(22)27)24(7-8-25)17(20-15)21-19-10-11-5-6-12(28-3)13(9-11)29-4/h5-6,9-10,25H,7-8H2,1-4H3,(H,20,21)/b19-10+. The molecule has 0 aliphatic carbocycles. The Kier molecular flexibility index (Phi) is 5.69. The van der Waals surface area contributed by atoms with Crippen molar-refractivity contribution >= 4 is 23.3 Å². The van der Waals surface area contributed by atoms with Gasteiger partial charge < -0.3 is 19.1 Å². The molecule has 2 aromatic heterocycles. The molecule has 2 N–H and O–H groups in total. The predicted octanol–water partition coefficient (Wildman–Crippen LogP) is -0.111. The summed E-state index contributed by atoms with van der Waals surface area (Å²) in [6, 6.07) is 5.30. The van der Waals surface area contributed by atoms with Gasteiger partial charge in [-0.2, -0.15) is 10.1 Å². The molecule has 0 spiro atoms. The minimum absolute atomic E-state index is 0.109. The van der Waals surface area contributed by atoms with Crippen LogP contribution >= 0.6 is 0 Å². The number of aryl methyl sites for hydroxylation is 1. The highest BCUT2D eigenvalue weighted by Gasteiger charge is 2.18. The maximum Gasteiger partial charge on any atom is 0.332 e. The molecule has 0 bridgehead atoms. The van der Waals surface area contributed by atoms with Crippen LogP contribution in [0.3, 0.4) is 0 Å². The molecule has 154 valence electrons. The fourth-order valence-electron chi connectivity index (χ4n) is 2.95. The number of nitrogens with zero attached hydrogens (tertiary/aromatic N) is 5. The Morgan fingerprint density at radius 1 is 1.17 bits per heavy atom. The number of imidazole rings is 1. The second-order valence-electron chi connectivity index (χ2n) is 6.17. The lowest BCUT2D eigenvalue weighted by molar-refractivity contribution is 0.278. The van der Waals surface area contributed by atoms with Crippen LogP contribution in [0.1, 0.15) is 5.56 Å². The maximum atomic E-state index is 12.6. The first kappa shape index (κ1) is 20.1. The van der Waals surface area contributed by atoms with Crippen LogP contribution < -0.4 is 26.1 Å². The number of methoxy groups -OCH3 is 2. The number of aliphatic hydroxyl groups excluding tert-OH is 1. The number of fused-ring (bicyclic) bond motifs is 1. The van der Waals surface area contributed by atoms with E-state index in [0.29, 0.717) is 11.5 Å². The van der Waals surface area contributed by atoms with Crippen LogP contribution in [0.25, 0.3) is 11.2 Å². The van der Waals surface area contributed by atoms with Gasteiger partial charge in [0.1, 0.15) is 0 Å². The van der Waals surface area contributed by atoms with E-state index in [1.807, 2.05) is 0 Å². The lowest BCUT2D eigenvalue weighted by Crippen LogP contribution is -2.37. The van der Waals surface area contributed by atoms with E-state index in [-0.39, 0.29) is 30.3 Å². The van der Waals surface area contributed by atoms with Gasteiger partial charge in [-0.15, -0.1) is 0 Å². The molecule has 3 aromatic rings. The quantitative estimate of drug-likeness (QED) is 0.417. The van der Waals surface area contributed by atoms with Gasteiger partial charge in [-0.1, -0.05) is 0 Å². The summed E-state index contributed by atoms with van der Waals surface area (Å²) in [7, 11) is 6.01. The molecule has 0 fully saturated rings. The molecule has 0 aliphatic rings. The van der Waals surface area contributed by atoms with Crippen LogP contribution in [0.2, 0.25) is 0 Å². The van der Waals surface area contributed by atoms with Gasteiger partial charge >= 0.3 is 5.69 Å². The van der Waals surface area contributed by atoms with Crippen LogP contribution in [0, 0.1) is 0 Å². The van der Waals surface area contributed by atoms with Gasteiger partial charge in [-0.05, 0) is 23.8 Å². The topological polar surface area (TPSA) is 125 Å². The highest BCUT2D eigenvalue weighted by Crippen LogP contribution is 2.26. The zero-order valence-corrected chi connectivity index (χ0v) is 16.5. The number of rotatable bonds is 7. The molecule has 0 amide bonds. The molecule has 1 aromatic carbocycles. The summed E-state index contributed by atoms with van der Waals surface area (Å²) in [4.78, 5) is 29.0. The normalized spacial score (nSPS) is 11.3. The Morgan fingerprint density at radius 2 is 1.90 bits per heavy atom. The first-order valence-corrected chi connectivity index (χ1v) is 8.71. The van der Waals surface area contributed by atoms with Crippen molar-refractivity contribution in [1.82, 2.24) is 18.7 Å². The number of hydrogen-bond acceptors (Lipinski definition) is 8. The van der Waals surface area contributed by atoms with Gasteiger partial charge in [-0.25, -0.2) is 10.2 Å². The predicted molar refractivity (Wildman–Crippen MR) is 108 cm³/mol. The van der Waals surface area contributed by atoms with Crippen molar-refractivity contribution in [1.29, 1.82) is 0 Å². The third kappa shape index (κ3) is 3.59. The average Bonchev–Trinajstić information content (AvgIpc) is 3.09. The molecule has 0 saturated heterocycles. The fraction of sp³-hybridized carbons (Fsp3) is 0.333. The van der Waals surface area contributed by atoms with Gasteiger partial charge in [0.05, 0.1) is 27.0 Å². The summed E-state index contributed by atoms with van der Waals surface area (Å²) < 4.78 is 14.2. The van der Waals surface area contributed by atoms with Gasteiger partial charge in [0.15, 0.2) is 22.7 Å². The molecule has 0 radical (unpaired) electrons. The van der Waals surface area contributed by atoms with Crippen molar-refractivity contribution in [3.05, 3.63) is 44.6 Å². The number of ether oxygens (including phenoxy) is 2. The molecule has 29 heavy (non-hydrogen) atoms. The molecule has 0 aliphatic heterocycles. The van der Waals surface area contributed by atoms with E-state index in [9.17, 15) is 14.7 Å². The highest BCUT2D eigenvalue weighted by atomic mass is 16.5. The zero-order chi connectivity index (χ0) is 21.1. The van der Waals surface area contributed by atoms with Crippen molar-refractivity contribution in [2.24, 2.45) is 19.2 Å². The molecule has 0 saturated carbocycles. The third-order valence-electron chi connectivity index (χ3n) is 4.46. The van der Waals surface area contributed by atoms with Crippen LogP contribution in [0.5, 0.6) is 11.5 Å². The van der Waals surface area contributed by atoms with Crippen molar-refractivity contribution in [2.45, 2.75) is 6.54 Å². The molecule has 0 unspecified atom stereocenters. The summed E-state index contributed by atoms with van der Waals surface area (Å²) >= 11 is 0. The van der Waals surface area contributed by atoms with E-state index in [0.717, 1.165) is 10.1 Å². The Balaban J connectivity index is 2.00. The van der Waals surface area contributed by atoms with E-state index in [4.69, 9.17) is 9.47 Å². The SMILES string of the molecule is COc1ccc(/C=N/Nc2nc3c(c(=O)n(C)c(=O)n3C)n2CCO)cc1OC. The molecular weight excluding hydrogens is 380 g/mol. The highest BCUT2D eigenvalue weighted by molar-refractivity contribution is 5.81. The number of aromatic nitrogens is 4. The summed E-state index contributed by atoms with van der Waals surface area (Å²) in [6.45, 7) is -0.107. The maximum absolute atomic E-state index is 12.6. The first-order chi connectivity index (χ1) is 13.9. The molecular formula is C18H22N6O5. The van der Waals surface area contributed by atoms with Crippen molar-refractivity contribution in [2.75, 3.05) is 26.3 Å². The van der Waals surface area contributed by atoms with Gasteiger partial charge in [0, 0.05) is 20.6 Å². The van der Waals surface area contributed by atoms with E-state index in [1.165, 1.54) is 23.2 Å². The van der Waals surface area contributed by atoms with Crippen molar-refractivity contribution in [3.8, 4) is 11.5 Å². The minimum atomic E-state index is -0.499. The molecule has 11 heteroatoms. The number of hydrogen-bond donors (Lipinski definition) is 2. The second-order valence-corrected chi connectivity index (χ2v) is 6.17. The van der Waals surface area contributed by atoms with E-state index in [2.05, 4.69) is 15.5 Å². The number of benzene rings is 1. The number of aliphatic hydroxyl groups is 1. The van der Waals surface area contributed by atoms with E-state index in [1.54, 1.807) is 38.6 Å². The Morgan fingerprint density at radius 3 is 2.55 bits per heavy atom. The summed E-state index contributed by atoms with van der Waals surface area (Å²) in [5.74, 6) is 1.38. The lowest BCUT2D eigenvalue weighted by Gasteiger charge is -2.08. The Labute approximate surface area is 165 Å². The largest absolute Gasteiger partial charge is 0.493 e. The van der Waals surface area contributed by atoms with Crippen LogP contribution in [0.15, 0.2) is 32.9 Å². The van der Waals surface area contributed by atoms with E-state index >= 15 is 0 Å². The van der Waals surface area contributed by atoms with E-state index < -0.39 is 11.2 Å². The van der Waals surface area contributed by atoms with Crippen LogP contribution in [-0.2, 0) is 20.6 Å². The molecule has 3 rings (SSSR count). The van der Waals surface area contributed by atoms with Gasteiger partial charge in [-0.3, -0.25) is 13.9 Å². The lowest BCUT2D eigenvalue weighted by atomic mass is 10.2. The van der Waals surface area contributed by atoms with Crippen molar-refractivity contribution in [3.63, 3.8) is 0 Å². The van der Waals surface area contributed by atoms with Gasteiger partial charge in [0.25, 0.3) is 5.56 Å². The molecule has 2 heterocycles. The third-order valence-corrected chi connectivity index (χ3v) is 4.46. The fourth-order valence-corrected chi connectivity index (χ4v) is 2.95. The number of hydrazone groups is 1. The first-order valence-electron chi connectivity index (χ1n) is 8.71. The van der Waals surface area contributed by atoms with Gasteiger partial charge in [0.2, 0.25) is 5.95 Å². The van der Waals surface area contributed by atoms with Crippen molar-refractivity contribution < 1.29 is 14.6 Å². The molecule has 0 atom stereocenters. The zero-order valence-electron chi connectivity index (χ0n) is 16.5. The summed E-state index contributed by atoms with van der Waals surface area (Å²) in [5.41, 5.74) is 2.93. The monoisotopic (exact) mass is 402 g/mol. The Bertz CT molecular complexity index is 1190. The number of anilines is 1. The Hall–Kier alpha value is -3.60. The van der Waals surface area contributed by atoms with Crippen LogP contribution in [-0.4, -0.2) is 50.8 Å². The number of nitrogens with one attached hydrogen (secondary N) is 1. The smallest absolute Gasteiger partial charge is 0.332 e.